The second-order valence-electron chi connectivity index (χ2n) is 7.17. The van der Waals surface area contributed by atoms with E-state index in [9.17, 15) is 9.59 Å². The zero-order chi connectivity index (χ0) is 22.3. The van der Waals surface area contributed by atoms with Crippen LogP contribution in [0.2, 0.25) is 24.2 Å². The predicted molar refractivity (Wildman–Crippen MR) is 117 cm³/mol. The number of hydrogen-bond donors (Lipinski definition) is 0. The molecule has 0 saturated carbocycles. The first-order valence-electron chi connectivity index (χ1n) is 10.6. The number of ether oxygens (including phenoxy) is 4. The van der Waals surface area contributed by atoms with E-state index in [1.54, 1.807) is 19.9 Å². The minimum atomic E-state index is -1.53. The van der Waals surface area contributed by atoms with Gasteiger partial charge in [0.15, 0.2) is 11.7 Å². The molecule has 0 fully saturated rings. The molecule has 29 heavy (non-hydrogen) atoms. The van der Waals surface area contributed by atoms with Crippen LogP contribution in [0.3, 0.4) is 0 Å². The standard InChI is InChI=1S/C22H40O6Si/c1-8-27-20(23)22(21(24)28-9-2,18-19(25-6)26-7)16-14-13-15-17-29(10-3,11-4)12-5/h14-15,19H,8-12,16-18H2,1-7H3. The average molecular weight is 429 g/mol. The molecular formula is C22H40O6Si. The van der Waals surface area contributed by atoms with Gasteiger partial charge in [0, 0.05) is 20.6 Å². The molecular weight excluding hydrogens is 388 g/mol. The highest BCUT2D eigenvalue weighted by molar-refractivity contribution is 6.80. The van der Waals surface area contributed by atoms with Gasteiger partial charge in [0.2, 0.25) is 0 Å². The number of hydrogen-bond acceptors (Lipinski definition) is 6. The fourth-order valence-corrected chi connectivity index (χ4v) is 6.28. The van der Waals surface area contributed by atoms with Gasteiger partial charge in [-0.1, -0.05) is 38.9 Å². The first-order chi connectivity index (χ1) is 13.8. The summed E-state index contributed by atoms with van der Waals surface area (Å²) in [5, 5.41) is 0. The highest BCUT2D eigenvalue weighted by Crippen LogP contribution is 2.34. The third-order valence-electron chi connectivity index (χ3n) is 5.84. The van der Waals surface area contributed by atoms with Crippen LogP contribution in [-0.4, -0.2) is 53.7 Å². The van der Waals surface area contributed by atoms with Crippen LogP contribution in [0.15, 0.2) is 17.9 Å². The molecule has 7 heteroatoms. The molecule has 0 aliphatic carbocycles. The minimum absolute atomic E-state index is 0.00736. The van der Waals surface area contributed by atoms with Crippen molar-refractivity contribution in [2.75, 3.05) is 27.4 Å². The number of esters is 2. The van der Waals surface area contributed by atoms with E-state index in [1.807, 2.05) is 6.08 Å². The van der Waals surface area contributed by atoms with Gasteiger partial charge < -0.3 is 18.9 Å². The first-order valence-corrected chi connectivity index (χ1v) is 13.5. The summed E-state index contributed by atoms with van der Waals surface area (Å²) in [5.41, 5.74) is 1.66. The van der Waals surface area contributed by atoms with E-state index >= 15 is 0 Å². The quantitative estimate of drug-likeness (QED) is 0.124. The highest BCUT2D eigenvalue weighted by Gasteiger charge is 2.50. The molecule has 0 aliphatic rings. The lowest BCUT2D eigenvalue weighted by atomic mass is 9.80. The topological polar surface area (TPSA) is 71.1 Å². The van der Waals surface area contributed by atoms with Crippen molar-refractivity contribution in [3.05, 3.63) is 17.9 Å². The molecule has 0 heterocycles. The molecule has 0 spiro atoms. The molecule has 0 N–H and O–H groups in total. The van der Waals surface area contributed by atoms with Crippen molar-refractivity contribution in [1.82, 2.24) is 0 Å². The molecule has 0 saturated heterocycles. The third-order valence-corrected chi connectivity index (χ3v) is 11.4. The number of rotatable bonds is 15. The van der Waals surface area contributed by atoms with E-state index in [-0.39, 0.29) is 26.1 Å². The Morgan fingerprint density at radius 3 is 1.76 bits per heavy atom. The summed E-state index contributed by atoms with van der Waals surface area (Å²) in [6.07, 6.45) is 3.17. The molecule has 0 radical (unpaired) electrons. The summed E-state index contributed by atoms with van der Waals surface area (Å²) in [5.74, 6) is -1.26. The predicted octanol–water partition coefficient (Wildman–Crippen LogP) is 4.72. The number of carbonyl (C=O) groups excluding carboxylic acids is 2. The maximum Gasteiger partial charge on any atom is 0.324 e. The van der Waals surface area contributed by atoms with Crippen molar-refractivity contribution in [3.63, 3.8) is 0 Å². The Kier molecular flexibility index (Phi) is 13.9. The van der Waals surface area contributed by atoms with Gasteiger partial charge in [-0.25, -0.2) is 0 Å². The lowest BCUT2D eigenvalue weighted by Crippen LogP contribution is -2.45. The molecule has 0 rings (SSSR count). The average Bonchev–Trinajstić information content (AvgIpc) is 2.73. The van der Waals surface area contributed by atoms with Crippen molar-refractivity contribution in [2.24, 2.45) is 5.41 Å². The molecule has 0 unspecified atom stereocenters. The van der Waals surface area contributed by atoms with Gasteiger partial charge in [0.25, 0.3) is 0 Å². The zero-order valence-corrected chi connectivity index (χ0v) is 20.3. The van der Waals surface area contributed by atoms with E-state index in [1.165, 1.54) is 32.4 Å². The Hall–Kier alpha value is -1.40. The highest BCUT2D eigenvalue weighted by atomic mass is 28.3. The Balaban J connectivity index is 5.79. The van der Waals surface area contributed by atoms with Crippen LogP contribution in [0.5, 0.6) is 0 Å². The van der Waals surface area contributed by atoms with Crippen LogP contribution in [-0.2, 0) is 28.5 Å². The monoisotopic (exact) mass is 428 g/mol. The van der Waals surface area contributed by atoms with Crippen LogP contribution >= 0.6 is 0 Å². The van der Waals surface area contributed by atoms with Crippen molar-refractivity contribution in [1.29, 1.82) is 0 Å². The number of allylic oxidation sites excluding steroid dienone is 1. The normalized spacial score (nSPS) is 11.7. The summed E-state index contributed by atoms with van der Waals surface area (Å²) < 4.78 is 21.0. The maximum absolute atomic E-state index is 12.8. The van der Waals surface area contributed by atoms with Gasteiger partial charge in [-0.2, -0.15) is 0 Å². The lowest BCUT2D eigenvalue weighted by Gasteiger charge is -2.30. The first kappa shape index (κ1) is 27.6. The van der Waals surface area contributed by atoms with E-state index in [2.05, 4.69) is 26.5 Å². The van der Waals surface area contributed by atoms with Crippen molar-refractivity contribution < 1.29 is 28.5 Å². The molecule has 0 atom stereocenters. The summed E-state index contributed by atoms with van der Waals surface area (Å²) in [6, 6.07) is 4.74. The van der Waals surface area contributed by atoms with E-state index in [4.69, 9.17) is 18.9 Å². The molecule has 0 bridgehead atoms. The van der Waals surface area contributed by atoms with Crippen molar-refractivity contribution in [3.8, 4) is 0 Å². The van der Waals surface area contributed by atoms with Crippen LogP contribution in [0, 0.1) is 5.41 Å². The summed E-state index contributed by atoms with van der Waals surface area (Å²) in [4.78, 5) is 25.7. The Morgan fingerprint density at radius 2 is 1.38 bits per heavy atom. The maximum atomic E-state index is 12.8. The van der Waals surface area contributed by atoms with Crippen molar-refractivity contribution >= 4 is 20.0 Å². The number of carbonyl (C=O) groups is 2. The second kappa shape index (κ2) is 14.6. The van der Waals surface area contributed by atoms with Gasteiger partial charge in [-0.3, -0.25) is 9.59 Å². The second-order valence-corrected chi connectivity index (χ2v) is 12.7. The summed E-state index contributed by atoms with van der Waals surface area (Å²) in [6.45, 7) is 10.5. The Bertz CT molecular complexity index is 519. The zero-order valence-electron chi connectivity index (χ0n) is 19.3. The Morgan fingerprint density at radius 1 is 0.897 bits per heavy atom. The molecule has 0 amide bonds. The van der Waals surface area contributed by atoms with Crippen LogP contribution in [0.4, 0.5) is 0 Å². The third kappa shape index (κ3) is 8.09. The Labute approximate surface area is 177 Å². The van der Waals surface area contributed by atoms with Gasteiger partial charge in [-0.15, -0.1) is 5.73 Å². The van der Waals surface area contributed by atoms with Gasteiger partial charge >= 0.3 is 11.9 Å². The summed E-state index contributed by atoms with van der Waals surface area (Å²) >= 11 is 0. The molecule has 6 nitrogen and oxygen atoms in total. The SMILES string of the molecule is CCOC(=O)C(CC=C=CC[Si](CC)(CC)CC)(CC(OC)OC)C(=O)OCC. The fourth-order valence-electron chi connectivity index (χ4n) is 3.36. The van der Waals surface area contributed by atoms with Crippen LogP contribution in [0.1, 0.15) is 47.5 Å². The summed E-state index contributed by atoms with van der Waals surface area (Å²) in [7, 11) is 1.65. The molecule has 0 aromatic rings. The number of methoxy groups -OCH3 is 2. The lowest BCUT2D eigenvalue weighted by molar-refractivity contribution is -0.184. The van der Waals surface area contributed by atoms with E-state index in [0.29, 0.717) is 0 Å². The van der Waals surface area contributed by atoms with E-state index < -0.39 is 31.7 Å². The van der Waals surface area contributed by atoms with Gasteiger partial charge in [0.05, 0.1) is 21.3 Å². The fraction of sp³-hybridized carbons (Fsp3) is 0.773. The van der Waals surface area contributed by atoms with Crippen molar-refractivity contribution in [2.45, 2.75) is 77.9 Å². The molecule has 0 aromatic heterocycles. The molecule has 168 valence electrons. The van der Waals surface area contributed by atoms with E-state index in [0.717, 1.165) is 6.04 Å². The molecule has 0 aliphatic heterocycles. The molecule has 0 aromatic carbocycles. The van der Waals surface area contributed by atoms with Crippen LogP contribution in [0.25, 0.3) is 0 Å². The smallest absolute Gasteiger partial charge is 0.324 e. The largest absolute Gasteiger partial charge is 0.465 e. The minimum Gasteiger partial charge on any atom is -0.465 e. The van der Waals surface area contributed by atoms with Gasteiger partial charge in [0.1, 0.15) is 0 Å². The van der Waals surface area contributed by atoms with Gasteiger partial charge in [-0.05, 0) is 38.5 Å². The van der Waals surface area contributed by atoms with Crippen LogP contribution < -0.4 is 0 Å².